The largest absolute Gasteiger partial charge is 0.456 e. The molecule has 232 valence electrons. The summed E-state index contributed by atoms with van der Waals surface area (Å²) in [7, 11) is 0. The van der Waals surface area contributed by atoms with Crippen LogP contribution in [0.25, 0.3) is 105 Å². The van der Waals surface area contributed by atoms with E-state index in [1.165, 1.54) is 43.4 Å². The Bertz CT molecular complexity index is 3070. The molecule has 3 heterocycles. The topological polar surface area (TPSA) is 43.9 Å². The predicted molar refractivity (Wildman–Crippen MR) is 207 cm³/mol. The first-order valence-corrected chi connectivity index (χ1v) is 16.9. The van der Waals surface area contributed by atoms with Crippen molar-refractivity contribution in [2.24, 2.45) is 0 Å². The van der Waals surface area contributed by atoms with Gasteiger partial charge in [-0.05, 0) is 70.1 Å². The van der Waals surface area contributed by atoms with E-state index in [1.54, 1.807) is 0 Å². The number of benzene rings is 8. The summed E-state index contributed by atoms with van der Waals surface area (Å²) in [6.45, 7) is 0. The molecule has 50 heavy (non-hydrogen) atoms. The Hall–Kier alpha value is -6.78. The third kappa shape index (κ3) is 3.93. The molecule has 0 saturated heterocycles. The maximum atomic E-state index is 6.28. The van der Waals surface area contributed by atoms with E-state index in [9.17, 15) is 0 Å². The Kier molecular flexibility index (Phi) is 5.63. The summed E-state index contributed by atoms with van der Waals surface area (Å²) in [4.78, 5) is 10.4. The van der Waals surface area contributed by atoms with E-state index in [2.05, 4.69) is 138 Å². The molecule has 4 nitrogen and oxygen atoms in total. The highest BCUT2D eigenvalue weighted by atomic mass is 16.3. The van der Waals surface area contributed by atoms with Crippen LogP contribution >= 0.6 is 0 Å². The lowest BCUT2D eigenvalue weighted by atomic mass is 10.00. The molecule has 0 saturated carbocycles. The van der Waals surface area contributed by atoms with Gasteiger partial charge in [0.25, 0.3) is 0 Å². The van der Waals surface area contributed by atoms with Gasteiger partial charge in [-0.25, -0.2) is 9.97 Å². The van der Waals surface area contributed by atoms with Crippen LogP contribution in [0.1, 0.15) is 0 Å². The molecular weight excluding hydrogens is 611 g/mol. The van der Waals surface area contributed by atoms with Crippen molar-refractivity contribution in [3.8, 4) is 28.3 Å². The second-order valence-corrected chi connectivity index (χ2v) is 13.0. The van der Waals surface area contributed by atoms with Crippen molar-refractivity contribution >= 4 is 76.2 Å². The maximum Gasteiger partial charge on any atom is 0.160 e. The van der Waals surface area contributed by atoms with Crippen LogP contribution in [0.15, 0.2) is 168 Å². The minimum Gasteiger partial charge on any atom is -0.456 e. The minimum atomic E-state index is 0.682. The van der Waals surface area contributed by atoms with E-state index in [0.29, 0.717) is 5.82 Å². The Morgan fingerprint density at radius 2 is 1.06 bits per heavy atom. The van der Waals surface area contributed by atoms with Crippen LogP contribution in [0.5, 0.6) is 0 Å². The quantitative estimate of drug-likeness (QED) is 0.194. The summed E-state index contributed by atoms with van der Waals surface area (Å²) in [6, 6.07) is 57.8. The van der Waals surface area contributed by atoms with Gasteiger partial charge in [-0.2, -0.15) is 0 Å². The van der Waals surface area contributed by atoms with Gasteiger partial charge in [-0.1, -0.05) is 115 Å². The van der Waals surface area contributed by atoms with Crippen LogP contribution in [0.2, 0.25) is 0 Å². The molecule has 0 unspecified atom stereocenters. The Balaban J connectivity index is 1.14. The fraction of sp³-hybridized carbons (Fsp3) is 0. The molecule has 4 heteroatoms. The highest BCUT2D eigenvalue weighted by Crippen LogP contribution is 2.41. The van der Waals surface area contributed by atoms with Crippen LogP contribution in [0, 0.1) is 0 Å². The summed E-state index contributed by atoms with van der Waals surface area (Å²) < 4.78 is 8.67. The van der Waals surface area contributed by atoms with Crippen LogP contribution in [0.3, 0.4) is 0 Å². The summed E-state index contributed by atoms with van der Waals surface area (Å²) in [5.41, 5.74) is 8.88. The predicted octanol–water partition coefficient (Wildman–Crippen LogP) is 12.3. The summed E-state index contributed by atoms with van der Waals surface area (Å²) in [5, 5.41) is 10.7. The van der Waals surface area contributed by atoms with E-state index in [4.69, 9.17) is 14.4 Å². The molecule has 0 radical (unpaired) electrons. The second-order valence-electron chi connectivity index (χ2n) is 13.0. The zero-order valence-electron chi connectivity index (χ0n) is 26.8. The maximum absolute atomic E-state index is 6.28. The molecule has 0 aliphatic heterocycles. The molecule has 0 amide bonds. The number of aromatic nitrogens is 3. The third-order valence-corrected chi connectivity index (χ3v) is 10.2. The van der Waals surface area contributed by atoms with Crippen LogP contribution < -0.4 is 0 Å². The monoisotopic (exact) mass is 637 g/mol. The molecule has 0 fully saturated rings. The highest BCUT2D eigenvalue weighted by Gasteiger charge is 2.19. The number of nitrogens with zero attached hydrogens (tertiary/aromatic N) is 3. The first-order chi connectivity index (χ1) is 24.8. The summed E-state index contributed by atoms with van der Waals surface area (Å²) in [5.74, 6) is 0.682. The van der Waals surface area contributed by atoms with Gasteiger partial charge in [0.1, 0.15) is 11.2 Å². The lowest BCUT2D eigenvalue weighted by molar-refractivity contribution is 0.669. The van der Waals surface area contributed by atoms with Crippen LogP contribution in [0.4, 0.5) is 0 Å². The molecule has 3 aromatic heterocycles. The van der Waals surface area contributed by atoms with Gasteiger partial charge < -0.3 is 8.98 Å². The van der Waals surface area contributed by atoms with Gasteiger partial charge in [-0.3, -0.25) is 0 Å². The molecule has 0 bridgehead atoms. The van der Waals surface area contributed by atoms with Gasteiger partial charge in [0.2, 0.25) is 0 Å². The number of hydrogen-bond acceptors (Lipinski definition) is 3. The van der Waals surface area contributed by atoms with E-state index >= 15 is 0 Å². The van der Waals surface area contributed by atoms with Crippen molar-refractivity contribution in [3.05, 3.63) is 164 Å². The Labute approximate surface area is 286 Å². The number of para-hydroxylation sites is 2. The average molecular weight is 638 g/mol. The molecular formula is C46H27N3O. The average Bonchev–Trinajstić information content (AvgIpc) is 3.73. The second kappa shape index (κ2) is 10.4. The van der Waals surface area contributed by atoms with E-state index in [-0.39, 0.29) is 0 Å². The smallest absolute Gasteiger partial charge is 0.160 e. The van der Waals surface area contributed by atoms with Crippen LogP contribution in [-0.4, -0.2) is 14.5 Å². The first-order valence-electron chi connectivity index (χ1n) is 16.9. The molecule has 8 aromatic carbocycles. The Morgan fingerprint density at radius 1 is 0.420 bits per heavy atom. The first kappa shape index (κ1) is 27.2. The molecule has 0 aliphatic rings. The summed E-state index contributed by atoms with van der Waals surface area (Å²) in [6.07, 6.45) is 0. The minimum absolute atomic E-state index is 0.682. The van der Waals surface area contributed by atoms with Crippen molar-refractivity contribution < 1.29 is 4.42 Å². The fourth-order valence-corrected chi connectivity index (χ4v) is 7.91. The van der Waals surface area contributed by atoms with E-state index < -0.39 is 0 Å². The molecule has 0 aliphatic carbocycles. The van der Waals surface area contributed by atoms with Crippen molar-refractivity contribution in [1.82, 2.24) is 14.5 Å². The van der Waals surface area contributed by atoms with Crippen LogP contribution in [-0.2, 0) is 0 Å². The lowest BCUT2D eigenvalue weighted by Gasteiger charge is -2.12. The number of furan rings is 1. The number of fused-ring (bicyclic) bond motifs is 11. The zero-order chi connectivity index (χ0) is 32.8. The van der Waals surface area contributed by atoms with Crippen molar-refractivity contribution in [2.75, 3.05) is 0 Å². The highest BCUT2D eigenvalue weighted by molar-refractivity contribution is 6.28. The van der Waals surface area contributed by atoms with Gasteiger partial charge >= 0.3 is 0 Å². The Morgan fingerprint density at radius 3 is 1.82 bits per heavy atom. The number of rotatable bonds is 3. The molecule has 11 aromatic rings. The van der Waals surface area contributed by atoms with Crippen molar-refractivity contribution in [3.63, 3.8) is 0 Å². The molecule has 0 atom stereocenters. The van der Waals surface area contributed by atoms with Crippen molar-refractivity contribution in [2.45, 2.75) is 0 Å². The fourth-order valence-electron chi connectivity index (χ4n) is 7.91. The third-order valence-electron chi connectivity index (χ3n) is 10.2. The van der Waals surface area contributed by atoms with Gasteiger partial charge in [0, 0.05) is 43.7 Å². The molecule has 0 N–H and O–H groups in total. The zero-order valence-corrected chi connectivity index (χ0v) is 26.8. The lowest BCUT2D eigenvalue weighted by Crippen LogP contribution is -1.98. The SMILES string of the molecule is c1cc(-c2nc(-c3ccc4c(c3)oc3ccccc34)c3ccccc3n2)cc(-n2c3ccc4ccccc4c3c3c4ccccc4ccc32)c1. The van der Waals surface area contributed by atoms with Gasteiger partial charge in [-0.15, -0.1) is 0 Å². The summed E-state index contributed by atoms with van der Waals surface area (Å²) >= 11 is 0. The molecule has 0 spiro atoms. The molecule has 11 rings (SSSR count). The normalized spacial score (nSPS) is 12.0. The van der Waals surface area contributed by atoms with Gasteiger partial charge in [0.15, 0.2) is 5.82 Å². The van der Waals surface area contributed by atoms with Crippen molar-refractivity contribution in [1.29, 1.82) is 0 Å². The standard InChI is InChI=1S/C46H27N3O/c1-3-14-33-28(10-1)21-24-39-43(33)44-34-15-4-2-11-29(34)22-25-40(44)49(39)32-13-9-12-31(26-32)46-47-38-18-7-5-17-37(38)45(48-46)30-20-23-36-35-16-6-8-19-41(35)50-42(36)27-30/h1-27H. The van der Waals surface area contributed by atoms with E-state index in [1.807, 2.05) is 30.3 Å². The van der Waals surface area contributed by atoms with Gasteiger partial charge in [0.05, 0.1) is 22.2 Å². The number of hydrogen-bond donors (Lipinski definition) is 0. The van der Waals surface area contributed by atoms with E-state index in [0.717, 1.165) is 55.3 Å².